The highest BCUT2D eigenvalue weighted by Crippen LogP contribution is 2.49. The lowest BCUT2D eigenvalue weighted by Gasteiger charge is -2.28. The van der Waals surface area contributed by atoms with Gasteiger partial charge in [-0.1, -0.05) is 18.2 Å². The smallest absolute Gasteiger partial charge is 0.203 e. The van der Waals surface area contributed by atoms with Crippen LogP contribution in [0.1, 0.15) is 17.2 Å². The Bertz CT molecular complexity index is 783. The van der Waals surface area contributed by atoms with E-state index in [4.69, 9.17) is 18.9 Å². The second-order valence-electron chi connectivity index (χ2n) is 5.32. The Labute approximate surface area is 139 Å². The normalized spacial score (nSPS) is 16.1. The molecule has 0 bridgehead atoms. The number of phenolic OH excluding ortho intramolecular Hbond substituents is 1. The zero-order valence-corrected chi connectivity index (χ0v) is 13.7. The van der Waals surface area contributed by atoms with Crippen LogP contribution in [0.25, 0.3) is 0 Å². The first-order chi connectivity index (χ1) is 11.6. The second kappa shape index (κ2) is 6.31. The number of Topliss-reactive ketones (excluding diaryl/α,β-unsaturated/α-hetero) is 1. The van der Waals surface area contributed by atoms with E-state index in [-0.39, 0.29) is 23.7 Å². The van der Waals surface area contributed by atoms with Crippen molar-refractivity contribution in [2.24, 2.45) is 0 Å². The van der Waals surface area contributed by atoms with Gasteiger partial charge in [-0.15, -0.1) is 0 Å². The number of hydrogen-bond acceptors (Lipinski definition) is 6. The van der Waals surface area contributed by atoms with Gasteiger partial charge in [-0.05, 0) is 6.07 Å². The SMILES string of the molecule is COc1ccccc1C1Oc2c(c(OC)cc(O)c2OC)CC1=O. The predicted molar refractivity (Wildman–Crippen MR) is 86.3 cm³/mol. The first-order valence-electron chi connectivity index (χ1n) is 7.39. The molecule has 0 fully saturated rings. The van der Waals surface area contributed by atoms with Crippen LogP contribution in [0, 0.1) is 0 Å². The van der Waals surface area contributed by atoms with E-state index in [0.717, 1.165) is 0 Å². The van der Waals surface area contributed by atoms with Gasteiger partial charge < -0.3 is 24.1 Å². The van der Waals surface area contributed by atoms with E-state index in [1.165, 1.54) is 27.4 Å². The molecule has 1 unspecified atom stereocenters. The Morgan fingerprint density at radius 1 is 1.08 bits per heavy atom. The van der Waals surface area contributed by atoms with Crippen LogP contribution in [0.3, 0.4) is 0 Å². The number of ether oxygens (including phenoxy) is 4. The number of carbonyl (C=O) groups is 1. The lowest BCUT2D eigenvalue weighted by atomic mass is 9.94. The third-order valence-electron chi connectivity index (χ3n) is 4.00. The summed E-state index contributed by atoms with van der Waals surface area (Å²) in [6, 6.07) is 8.59. The molecule has 0 spiro atoms. The van der Waals surface area contributed by atoms with Gasteiger partial charge >= 0.3 is 0 Å². The van der Waals surface area contributed by atoms with Gasteiger partial charge in [0.2, 0.25) is 5.75 Å². The van der Waals surface area contributed by atoms with Crippen LogP contribution in [-0.4, -0.2) is 32.2 Å². The maximum atomic E-state index is 12.6. The molecule has 1 heterocycles. The summed E-state index contributed by atoms with van der Waals surface area (Å²) < 4.78 is 21.7. The number of benzene rings is 2. The minimum atomic E-state index is -0.839. The van der Waals surface area contributed by atoms with Crippen LogP contribution in [0.15, 0.2) is 30.3 Å². The molecule has 1 aliphatic heterocycles. The predicted octanol–water partition coefficient (Wildman–Crippen LogP) is 2.66. The van der Waals surface area contributed by atoms with Crippen molar-refractivity contribution >= 4 is 5.78 Å². The summed E-state index contributed by atoms with van der Waals surface area (Å²) in [6.45, 7) is 0. The fourth-order valence-corrected chi connectivity index (χ4v) is 2.88. The van der Waals surface area contributed by atoms with Crippen molar-refractivity contribution in [3.63, 3.8) is 0 Å². The standard InChI is InChI=1S/C18H18O6/c1-21-14-7-5-4-6-10(14)16-12(19)8-11-15(22-2)9-13(20)18(23-3)17(11)24-16/h4-7,9,16,20H,8H2,1-3H3. The first kappa shape index (κ1) is 16.0. The van der Waals surface area contributed by atoms with Crippen LogP contribution in [-0.2, 0) is 11.2 Å². The Morgan fingerprint density at radius 3 is 2.46 bits per heavy atom. The molecule has 1 atom stereocenters. The number of carbonyl (C=O) groups excluding carboxylic acids is 1. The molecular formula is C18H18O6. The quantitative estimate of drug-likeness (QED) is 0.929. The zero-order valence-electron chi connectivity index (χ0n) is 13.7. The number of aromatic hydroxyl groups is 1. The van der Waals surface area contributed by atoms with Crippen molar-refractivity contribution in [3.05, 3.63) is 41.5 Å². The van der Waals surface area contributed by atoms with Gasteiger partial charge in [0.1, 0.15) is 11.5 Å². The fraction of sp³-hybridized carbons (Fsp3) is 0.278. The van der Waals surface area contributed by atoms with Crippen molar-refractivity contribution < 1.29 is 28.8 Å². The molecule has 2 aromatic carbocycles. The third-order valence-corrected chi connectivity index (χ3v) is 4.00. The van der Waals surface area contributed by atoms with Gasteiger partial charge in [0.25, 0.3) is 0 Å². The first-order valence-corrected chi connectivity index (χ1v) is 7.39. The summed E-state index contributed by atoms with van der Waals surface area (Å²) in [5, 5.41) is 10.1. The summed E-state index contributed by atoms with van der Waals surface area (Å²) in [6.07, 6.45) is -0.730. The fourth-order valence-electron chi connectivity index (χ4n) is 2.88. The number of rotatable bonds is 4. The second-order valence-corrected chi connectivity index (χ2v) is 5.32. The number of para-hydroxylation sites is 1. The van der Waals surface area contributed by atoms with Crippen molar-refractivity contribution in [1.82, 2.24) is 0 Å². The number of phenols is 1. The monoisotopic (exact) mass is 330 g/mol. The van der Waals surface area contributed by atoms with Crippen molar-refractivity contribution in [1.29, 1.82) is 0 Å². The summed E-state index contributed by atoms with van der Waals surface area (Å²) in [7, 11) is 4.44. The molecule has 6 nitrogen and oxygen atoms in total. The van der Waals surface area contributed by atoms with Gasteiger partial charge in [-0.3, -0.25) is 4.79 Å². The van der Waals surface area contributed by atoms with Crippen molar-refractivity contribution in [2.75, 3.05) is 21.3 Å². The molecule has 1 N–H and O–H groups in total. The number of ketones is 1. The molecule has 0 saturated heterocycles. The average molecular weight is 330 g/mol. The van der Waals surface area contributed by atoms with E-state index in [2.05, 4.69) is 0 Å². The molecular weight excluding hydrogens is 312 g/mol. The number of methoxy groups -OCH3 is 3. The van der Waals surface area contributed by atoms with Gasteiger partial charge in [-0.2, -0.15) is 0 Å². The highest BCUT2D eigenvalue weighted by Gasteiger charge is 2.36. The minimum Gasteiger partial charge on any atom is -0.504 e. The summed E-state index contributed by atoms with van der Waals surface area (Å²) >= 11 is 0. The van der Waals surface area contributed by atoms with Crippen LogP contribution in [0.4, 0.5) is 0 Å². The van der Waals surface area contributed by atoms with E-state index in [1.54, 1.807) is 12.1 Å². The average Bonchev–Trinajstić information content (AvgIpc) is 2.61. The van der Waals surface area contributed by atoms with Gasteiger partial charge in [0.15, 0.2) is 23.4 Å². The minimum absolute atomic E-state index is 0.109. The zero-order chi connectivity index (χ0) is 17.3. The van der Waals surface area contributed by atoms with E-state index in [0.29, 0.717) is 28.4 Å². The molecule has 126 valence electrons. The molecule has 3 rings (SSSR count). The molecule has 0 aromatic heterocycles. The topological polar surface area (TPSA) is 74.2 Å². The molecule has 24 heavy (non-hydrogen) atoms. The summed E-state index contributed by atoms with van der Waals surface area (Å²) in [5.74, 6) is 1.20. The van der Waals surface area contributed by atoms with Crippen molar-refractivity contribution in [3.8, 4) is 28.7 Å². The highest BCUT2D eigenvalue weighted by molar-refractivity contribution is 5.91. The van der Waals surface area contributed by atoms with Crippen molar-refractivity contribution in [2.45, 2.75) is 12.5 Å². The third kappa shape index (κ3) is 2.50. The van der Waals surface area contributed by atoms with Gasteiger partial charge in [0.05, 0.1) is 21.3 Å². The van der Waals surface area contributed by atoms with Gasteiger partial charge in [-0.25, -0.2) is 0 Å². The molecule has 0 aliphatic carbocycles. The Kier molecular flexibility index (Phi) is 4.20. The van der Waals surface area contributed by atoms with Crippen LogP contribution in [0.2, 0.25) is 0 Å². The Morgan fingerprint density at radius 2 is 1.79 bits per heavy atom. The lowest BCUT2D eigenvalue weighted by molar-refractivity contribution is -0.126. The van der Waals surface area contributed by atoms with E-state index in [9.17, 15) is 9.90 Å². The van der Waals surface area contributed by atoms with E-state index < -0.39 is 6.10 Å². The number of fused-ring (bicyclic) bond motifs is 1. The lowest BCUT2D eigenvalue weighted by Crippen LogP contribution is -2.27. The van der Waals surface area contributed by atoms with Gasteiger partial charge in [0, 0.05) is 23.6 Å². The molecule has 6 heteroatoms. The highest BCUT2D eigenvalue weighted by atomic mass is 16.5. The maximum Gasteiger partial charge on any atom is 0.203 e. The maximum absolute atomic E-state index is 12.6. The molecule has 0 amide bonds. The number of hydrogen-bond donors (Lipinski definition) is 1. The van der Waals surface area contributed by atoms with E-state index in [1.807, 2.05) is 12.1 Å². The Hall–Kier alpha value is -2.89. The summed E-state index contributed by atoms with van der Waals surface area (Å²) in [4.78, 5) is 12.6. The van der Waals surface area contributed by atoms with Crippen LogP contribution in [0.5, 0.6) is 28.7 Å². The largest absolute Gasteiger partial charge is 0.504 e. The van der Waals surface area contributed by atoms with Crippen LogP contribution < -0.4 is 18.9 Å². The Balaban J connectivity index is 2.12. The molecule has 1 aliphatic rings. The molecule has 0 radical (unpaired) electrons. The summed E-state index contributed by atoms with van der Waals surface area (Å²) in [5.41, 5.74) is 1.18. The van der Waals surface area contributed by atoms with Crippen LogP contribution >= 0.6 is 0 Å². The molecule has 2 aromatic rings. The van der Waals surface area contributed by atoms with E-state index >= 15 is 0 Å². The molecule has 0 saturated carbocycles.